The van der Waals surface area contributed by atoms with Gasteiger partial charge in [-0.2, -0.15) is 0 Å². The molecule has 1 N–H and O–H groups in total. The number of rotatable bonds is 55. The normalized spacial score (nSPS) is 12.8. The van der Waals surface area contributed by atoms with E-state index in [1.54, 1.807) is 0 Å². The molecule has 0 aliphatic carbocycles. The molecule has 5 heteroatoms. The summed E-state index contributed by atoms with van der Waals surface area (Å²) < 4.78 is 10.7. The fourth-order valence-corrected chi connectivity index (χ4v) is 8.71. The fourth-order valence-electron chi connectivity index (χ4n) is 8.71. The molecule has 0 saturated carbocycles. The van der Waals surface area contributed by atoms with Crippen LogP contribution in [0.15, 0.2) is 85.1 Å². The van der Waals surface area contributed by atoms with Crippen molar-refractivity contribution in [3.8, 4) is 0 Å². The molecule has 0 aliphatic rings. The van der Waals surface area contributed by atoms with Gasteiger partial charge in [-0.05, 0) is 70.6 Å². The molecular formula is C65H114O5. The van der Waals surface area contributed by atoms with Gasteiger partial charge in [0.25, 0.3) is 0 Å². The number of allylic oxidation sites excluding steroid dienone is 14. The van der Waals surface area contributed by atoms with Gasteiger partial charge in [0.05, 0.1) is 6.61 Å². The van der Waals surface area contributed by atoms with E-state index in [-0.39, 0.29) is 25.2 Å². The Labute approximate surface area is 435 Å². The Bertz CT molecular complexity index is 1290. The van der Waals surface area contributed by atoms with Crippen LogP contribution in [0.5, 0.6) is 0 Å². The summed E-state index contributed by atoms with van der Waals surface area (Å²) in [7, 11) is 0. The van der Waals surface area contributed by atoms with Crippen LogP contribution in [0.1, 0.15) is 296 Å². The van der Waals surface area contributed by atoms with Crippen LogP contribution in [-0.4, -0.2) is 36.4 Å². The van der Waals surface area contributed by atoms with Gasteiger partial charge >= 0.3 is 11.9 Å². The highest BCUT2D eigenvalue weighted by atomic mass is 16.6. The molecule has 70 heavy (non-hydrogen) atoms. The molecule has 404 valence electrons. The van der Waals surface area contributed by atoms with Crippen molar-refractivity contribution in [1.29, 1.82) is 0 Å². The monoisotopic (exact) mass is 975 g/mol. The third-order valence-corrected chi connectivity index (χ3v) is 13.2. The predicted molar refractivity (Wildman–Crippen MR) is 306 cm³/mol. The van der Waals surface area contributed by atoms with E-state index in [1.165, 1.54) is 186 Å². The summed E-state index contributed by atoms with van der Waals surface area (Å²) >= 11 is 0. The second-order valence-corrected chi connectivity index (χ2v) is 20.1. The Morgan fingerprint density at radius 1 is 0.343 bits per heavy atom. The van der Waals surface area contributed by atoms with Crippen LogP contribution in [0.25, 0.3) is 0 Å². The summed E-state index contributed by atoms with van der Waals surface area (Å²) in [5.41, 5.74) is 0. The first-order chi connectivity index (χ1) is 34.6. The van der Waals surface area contributed by atoms with E-state index in [0.717, 1.165) is 83.5 Å². The molecular weight excluding hydrogens is 861 g/mol. The lowest BCUT2D eigenvalue weighted by atomic mass is 10.0. The molecule has 0 heterocycles. The van der Waals surface area contributed by atoms with E-state index in [1.807, 2.05) is 0 Å². The van der Waals surface area contributed by atoms with Crippen LogP contribution in [0.3, 0.4) is 0 Å². The molecule has 1 unspecified atom stereocenters. The maximum atomic E-state index is 12.3. The van der Waals surface area contributed by atoms with Gasteiger partial charge in [0, 0.05) is 12.8 Å². The topological polar surface area (TPSA) is 72.8 Å². The van der Waals surface area contributed by atoms with Gasteiger partial charge in [0.2, 0.25) is 0 Å². The standard InChI is InChI=1S/C65H114O5/c1-3-5-7-9-11-13-15-17-19-21-23-25-27-28-29-30-31-32-33-34-35-36-38-40-42-44-46-48-50-52-54-56-58-60-65(68)70-63(61-66)62-69-64(67)59-57-55-53-51-49-47-45-43-41-39-37-26-24-22-20-18-16-14-12-10-8-6-4-2/h5,7,11,13,17,19,23,25,28-29,31-32,34-35,63,66H,3-4,6,8-10,12,14-16,18,20-22,24,26-27,30,33,36-62H2,1-2H3/b7-5-,13-11-,19-17-,25-23-,29-28-,32-31-,35-34-. The first kappa shape index (κ1) is 67.1. The Morgan fingerprint density at radius 2 is 0.614 bits per heavy atom. The van der Waals surface area contributed by atoms with Gasteiger partial charge in [0.1, 0.15) is 6.61 Å². The van der Waals surface area contributed by atoms with E-state index in [2.05, 4.69) is 98.9 Å². The minimum absolute atomic E-state index is 0.0663. The number of aliphatic hydroxyl groups is 1. The number of ether oxygens (including phenoxy) is 2. The van der Waals surface area contributed by atoms with Crippen molar-refractivity contribution in [3.05, 3.63) is 85.1 Å². The quantitative estimate of drug-likeness (QED) is 0.0373. The van der Waals surface area contributed by atoms with E-state index in [4.69, 9.17) is 9.47 Å². The van der Waals surface area contributed by atoms with Crippen LogP contribution in [0.2, 0.25) is 0 Å². The first-order valence-corrected chi connectivity index (χ1v) is 30.1. The van der Waals surface area contributed by atoms with Gasteiger partial charge in [0.15, 0.2) is 6.10 Å². The first-order valence-electron chi connectivity index (χ1n) is 30.1. The predicted octanol–water partition coefficient (Wildman–Crippen LogP) is 20.5. The average Bonchev–Trinajstić information content (AvgIpc) is 3.36. The van der Waals surface area contributed by atoms with Gasteiger partial charge < -0.3 is 14.6 Å². The average molecular weight is 976 g/mol. The summed E-state index contributed by atoms with van der Waals surface area (Å²) in [6.07, 6.45) is 84.2. The number of hydrogen-bond donors (Lipinski definition) is 1. The summed E-state index contributed by atoms with van der Waals surface area (Å²) in [4.78, 5) is 24.6. The Hall–Kier alpha value is -2.92. The SMILES string of the molecule is CC/C=C\C/C=C\C/C=C\C/C=C\C/C=C\C/C=C\C/C=C\CCCCCCCCCCCCCC(=O)OC(CO)COC(=O)CCCCCCCCCCCCCCCCCCCCCCCCC. The van der Waals surface area contributed by atoms with Crippen molar-refractivity contribution in [2.75, 3.05) is 13.2 Å². The third-order valence-electron chi connectivity index (χ3n) is 13.2. The molecule has 1 atom stereocenters. The fraction of sp³-hybridized carbons (Fsp3) is 0.754. The molecule has 0 saturated heterocycles. The molecule has 5 nitrogen and oxygen atoms in total. The summed E-state index contributed by atoms with van der Waals surface area (Å²) in [6.45, 7) is 4.06. The number of carbonyl (C=O) groups is 2. The summed E-state index contributed by atoms with van der Waals surface area (Å²) in [5, 5.41) is 9.67. The summed E-state index contributed by atoms with van der Waals surface area (Å²) in [6, 6.07) is 0. The highest BCUT2D eigenvalue weighted by Gasteiger charge is 2.16. The molecule has 0 rings (SSSR count). The Balaban J connectivity index is 3.50. The van der Waals surface area contributed by atoms with E-state index < -0.39 is 6.10 Å². The number of aliphatic hydroxyl groups excluding tert-OH is 1. The van der Waals surface area contributed by atoms with Crippen LogP contribution >= 0.6 is 0 Å². The molecule has 0 aromatic rings. The Kier molecular flexibility index (Phi) is 57.9. The third kappa shape index (κ3) is 57.7. The van der Waals surface area contributed by atoms with E-state index >= 15 is 0 Å². The molecule has 0 bridgehead atoms. The highest BCUT2D eigenvalue weighted by Crippen LogP contribution is 2.17. The van der Waals surface area contributed by atoms with E-state index in [9.17, 15) is 14.7 Å². The molecule has 0 aromatic heterocycles. The Morgan fingerprint density at radius 3 is 0.929 bits per heavy atom. The van der Waals surface area contributed by atoms with Crippen molar-refractivity contribution >= 4 is 11.9 Å². The zero-order valence-electron chi connectivity index (χ0n) is 46.3. The highest BCUT2D eigenvalue weighted by molar-refractivity contribution is 5.70. The minimum atomic E-state index is -0.777. The lowest BCUT2D eigenvalue weighted by Crippen LogP contribution is -2.28. The van der Waals surface area contributed by atoms with Gasteiger partial charge in [-0.3, -0.25) is 9.59 Å². The number of hydrogen-bond acceptors (Lipinski definition) is 5. The zero-order valence-corrected chi connectivity index (χ0v) is 46.3. The largest absolute Gasteiger partial charge is 0.462 e. The number of carbonyl (C=O) groups excluding carboxylic acids is 2. The van der Waals surface area contributed by atoms with Crippen LogP contribution in [0.4, 0.5) is 0 Å². The molecule has 0 amide bonds. The van der Waals surface area contributed by atoms with E-state index in [0.29, 0.717) is 12.8 Å². The number of esters is 2. The molecule has 0 aliphatic heterocycles. The lowest BCUT2D eigenvalue weighted by Gasteiger charge is -2.15. The van der Waals surface area contributed by atoms with Gasteiger partial charge in [-0.25, -0.2) is 0 Å². The summed E-state index contributed by atoms with van der Waals surface area (Å²) in [5.74, 6) is -0.584. The molecule has 0 aromatic carbocycles. The number of unbranched alkanes of at least 4 members (excludes halogenated alkanes) is 33. The van der Waals surface area contributed by atoms with Crippen molar-refractivity contribution in [3.63, 3.8) is 0 Å². The zero-order chi connectivity index (χ0) is 50.6. The van der Waals surface area contributed by atoms with Gasteiger partial charge in [-0.1, -0.05) is 298 Å². The second-order valence-electron chi connectivity index (χ2n) is 20.1. The molecule has 0 spiro atoms. The van der Waals surface area contributed by atoms with Gasteiger partial charge in [-0.15, -0.1) is 0 Å². The van der Waals surface area contributed by atoms with Crippen molar-refractivity contribution in [1.82, 2.24) is 0 Å². The van der Waals surface area contributed by atoms with Crippen molar-refractivity contribution in [2.24, 2.45) is 0 Å². The maximum Gasteiger partial charge on any atom is 0.306 e. The maximum absolute atomic E-state index is 12.3. The molecule has 0 radical (unpaired) electrons. The van der Waals surface area contributed by atoms with Crippen molar-refractivity contribution in [2.45, 2.75) is 302 Å². The minimum Gasteiger partial charge on any atom is -0.462 e. The van der Waals surface area contributed by atoms with Crippen LogP contribution in [-0.2, 0) is 19.1 Å². The molecule has 0 fully saturated rings. The van der Waals surface area contributed by atoms with Crippen molar-refractivity contribution < 1.29 is 24.2 Å². The smallest absolute Gasteiger partial charge is 0.306 e. The van der Waals surface area contributed by atoms with Crippen LogP contribution < -0.4 is 0 Å². The van der Waals surface area contributed by atoms with Crippen LogP contribution in [0, 0.1) is 0 Å². The second kappa shape index (κ2) is 60.4. The lowest BCUT2D eigenvalue weighted by molar-refractivity contribution is -0.161.